The molecule has 16 heavy (non-hydrogen) atoms. The maximum Gasteiger partial charge on any atom is 0.193 e. The Kier molecular flexibility index (Phi) is 2.67. The Morgan fingerprint density at radius 2 is 2.44 bits per heavy atom. The zero-order valence-electron chi connectivity index (χ0n) is 8.97. The molecule has 2 aromatic rings. The van der Waals surface area contributed by atoms with Gasteiger partial charge in [-0.05, 0) is 25.3 Å². The molecular formula is C11H15N3OS. The lowest BCUT2D eigenvalue weighted by Crippen LogP contribution is -2.35. The fraction of sp³-hybridized carbons (Fsp3) is 0.545. The summed E-state index contributed by atoms with van der Waals surface area (Å²) < 4.78 is 2.05. The standard InChI is InChI=1S/C11H15N3OS/c15-10-3-8(4-10)5-12-6-9-7-14-1-2-16-11(14)13-9/h1-2,7-8,10,12,15H,3-6H2. The van der Waals surface area contributed by atoms with Gasteiger partial charge in [-0.25, -0.2) is 4.98 Å². The first kappa shape index (κ1) is 10.3. The van der Waals surface area contributed by atoms with Crippen LogP contribution in [0.1, 0.15) is 18.5 Å². The van der Waals surface area contributed by atoms with Crippen LogP contribution in [-0.4, -0.2) is 27.1 Å². The zero-order valence-corrected chi connectivity index (χ0v) is 9.78. The van der Waals surface area contributed by atoms with E-state index in [1.54, 1.807) is 11.3 Å². The summed E-state index contributed by atoms with van der Waals surface area (Å²) in [6, 6.07) is 0. The monoisotopic (exact) mass is 237 g/mol. The van der Waals surface area contributed by atoms with Gasteiger partial charge in [-0.1, -0.05) is 0 Å². The van der Waals surface area contributed by atoms with Gasteiger partial charge in [0.25, 0.3) is 0 Å². The molecule has 0 spiro atoms. The van der Waals surface area contributed by atoms with Crippen LogP contribution in [0, 0.1) is 5.92 Å². The second-order valence-corrected chi connectivity index (χ2v) is 5.32. The van der Waals surface area contributed by atoms with Crippen molar-refractivity contribution in [3.8, 4) is 0 Å². The van der Waals surface area contributed by atoms with Crippen molar-refractivity contribution < 1.29 is 5.11 Å². The van der Waals surface area contributed by atoms with E-state index in [2.05, 4.69) is 20.9 Å². The molecule has 0 aliphatic heterocycles. The second kappa shape index (κ2) is 4.16. The molecule has 0 amide bonds. The molecule has 3 rings (SSSR count). The SMILES string of the molecule is OC1CC(CNCc2cn3ccsc3n2)C1. The number of nitrogens with zero attached hydrogens (tertiary/aromatic N) is 2. The minimum Gasteiger partial charge on any atom is -0.393 e. The van der Waals surface area contributed by atoms with E-state index in [-0.39, 0.29) is 6.10 Å². The van der Waals surface area contributed by atoms with Gasteiger partial charge in [-0.2, -0.15) is 0 Å². The Balaban J connectivity index is 1.49. The summed E-state index contributed by atoms with van der Waals surface area (Å²) in [6.45, 7) is 1.81. The van der Waals surface area contributed by atoms with Crippen LogP contribution < -0.4 is 5.32 Å². The number of imidazole rings is 1. The third-order valence-corrected chi connectivity index (χ3v) is 3.86. The van der Waals surface area contributed by atoms with Crippen LogP contribution in [0.15, 0.2) is 17.8 Å². The fourth-order valence-electron chi connectivity index (χ4n) is 2.13. The van der Waals surface area contributed by atoms with Crippen molar-refractivity contribution in [3.63, 3.8) is 0 Å². The zero-order chi connectivity index (χ0) is 11.0. The Hall–Kier alpha value is -0.910. The lowest BCUT2D eigenvalue weighted by molar-refractivity contribution is 0.0429. The van der Waals surface area contributed by atoms with Gasteiger partial charge in [-0.15, -0.1) is 11.3 Å². The number of rotatable bonds is 4. The van der Waals surface area contributed by atoms with Gasteiger partial charge in [0, 0.05) is 24.3 Å². The van der Waals surface area contributed by atoms with Crippen molar-refractivity contribution >= 4 is 16.3 Å². The summed E-state index contributed by atoms with van der Waals surface area (Å²) in [6.07, 6.45) is 5.94. The minimum absolute atomic E-state index is 0.0512. The number of hydrogen-bond acceptors (Lipinski definition) is 4. The predicted octanol–water partition coefficient (Wildman–Crippen LogP) is 1.26. The van der Waals surface area contributed by atoms with Crippen molar-refractivity contribution in [3.05, 3.63) is 23.5 Å². The van der Waals surface area contributed by atoms with Gasteiger partial charge >= 0.3 is 0 Å². The largest absolute Gasteiger partial charge is 0.393 e. The van der Waals surface area contributed by atoms with Crippen molar-refractivity contribution in [2.45, 2.75) is 25.5 Å². The maximum atomic E-state index is 9.16. The van der Waals surface area contributed by atoms with E-state index in [1.165, 1.54) is 0 Å². The molecule has 0 unspecified atom stereocenters. The average Bonchev–Trinajstić information content (AvgIpc) is 2.74. The highest BCUT2D eigenvalue weighted by molar-refractivity contribution is 7.15. The highest BCUT2D eigenvalue weighted by atomic mass is 32.1. The summed E-state index contributed by atoms with van der Waals surface area (Å²) >= 11 is 1.65. The molecule has 2 aromatic heterocycles. The van der Waals surface area contributed by atoms with E-state index in [0.29, 0.717) is 5.92 Å². The number of aromatic nitrogens is 2. The first-order valence-corrected chi connectivity index (χ1v) is 6.49. The fourth-order valence-corrected chi connectivity index (χ4v) is 2.85. The Labute approximate surface area is 97.9 Å². The summed E-state index contributed by atoms with van der Waals surface area (Å²) in [5.74, 6) is 0.652. The van der Waals surface area contributed by atoms with Gasteiger partial charge < -0.3 is 10.4 Å². The Morgan fingerprint density at radius 3 is 3.19 bits per heavy atom. The van der Waals surface area contributed by atoms with E-state index >= 15 is 0 Å². The lowest BCUT2D eigenvalue weighted by Gasteiger charge is -2.31. The van der Waals surface area contributed by atoms with Crippen molar-refractivity contribution in [2.75, 3.05) is 6.54 Å². The molecule has 0 atom stereocenters. The summed E-state index contributed by atoms with van der Waals surface area (Å²) in [4.78, 5) is 5.55. The number of fused-ring (bicyclic) bond motifs is 1. The highest BCUT2D eigenvalue weighted by Gasteiger charge is 2.26. The van der Waals surface area contributed by atoms with E-state index < -0.39 is 0 Å². The van der Waals surface area contributed by atoms with Crippen LogP contribution in [-0.2, 0) is 6.54 Å². The van der Waals surface area contributed by atoms with Crippen LogP contribution >= 0.6 is 11.3 Å². The van der Waals surface area contributed by atoms with Crippen molar-refractivity contribution in [1.29, 1.82) is 0 Å². The number of hydrogen-bond donors (Lipinski definition) is 2. The summed E-state index contributed by atoms with van der Waals surface area (Å²) in [7, 11) is 0. The first-order valence-electron chi connectivity index (χ1n) is 5.61. The Morgan fingerprint density at radius 1 is 1.56 bits per heavy atom. The summed E-state index contributed by atoms with van der Waals surface area (Å²) in [5, 5.41) is 14.6. The summed E-state index contributed by atoms with van der Waals surface area (Å²) in [5.41, 5.74) is 1.09. The van der Waals surface area contributed by atoms with E-state index in [0.717, 1.165) is 36.6 Å². The van der Waals surface area contributed by atoms with Crippen LogP contribution in [0.5, 0.6) is 0 Å². The van der Waals surface area contributed by atoms with E-state index in [9.17, 15) is 0 Å². The predicted molar refractivity (Wildman–Crippen MR) is 63.5 cm³/mol. The molecule has 1 fully saturated rings. The van der Waals surface area contributed by atoms with Gasteiger partial charge in [0.15, 0.2) is 4.96 Å². The Bertz CT molecular complexity index is 444. The van der Waals surface area contributed by atoms with Gasteiger partial charge in [-0.3, -0.25) is 4.40 Å². The molecule has 2 heterocycles. The molecule has 0 saturated heterocycles. The lowest BCUT2D eigenvalue weighted by atomic mass is 9.82. The number of nitrogens with one attached hydrogen (secondary N) is 1. The normalized spacial score (nSPS) is 24.8. The molecule has 5 heteroatoms. The molecule has 4 nitrogen and oxygen atoms in total. The van der Waals surface area contributed by atoms with E-state index in [1.807, 2.05) is 11.6 Å². The van der Waals surface area contributed by atoms with Crippen LogP contribution in [0.4, 0.5) is 0 Å². The topological polar surface area (TPSA) is 49.6 Å². The first-order chi connectivity index (χ1) is 7.81. The molecular weight excluding hydrogens is 222 g/mol. The third-order valence-electron chi connectivity index (χ3n) is 3.09. The molecule has 0 aromatic carbocycles. The molecule has 86 valence electrons. The van der Waals surface area contributed by atoms with Crippen LogP contribution in [0.2, 0.25) is 0 Å². The van der Waals surface area contributed by atoms with Gasteiger partial charge in [0.05, 0.1) is 11.8 Å². The van der Waals surface area contributed by atoms with Crippen molar-refractivity contribution in [2.24, 2.45) is 5.92 Å². The molecule has 1 saturated carbocycles. The highest BCUT2D eigenvalue weighted by Crippen LogP contribution is 2.26. The quantitative estimate of drug-likeness (QED) is 0.841. The van der Waals surface area contributed by atoms with Gasteiger partial charge in [0.2, 0.25) is 0 Å². The maximum absolute atomic E-state index is 9.16. The van der Waals surface area contributed by atoms with Crippen molar-refractivity contribution in [1.82, 2.24) is 14.7 Å². The van der Waals surface area contributed by atoms with Gasteiger partial charge in [0.1, 0.15) is 0 Å². The second-order valence-electron chi connectivity index (χ2n) is 4.45. The van der Waals surface area contributed by atoms with Crippen LogP contribution in [0.3, 0.4) is 0 Å². The molecule has 0 bridgehead atoms. The number of aliphatic hydroxyl groups is 1. The minimum atomic E-state index is -0.0512. The van der Waals surface area contributed by atoms with E-state index in [4.69, 9.17) is 5.11 Å². The smallest absolute Gasteiger partial charge is 0.193 e. The molecule has 1 aliphatic rings. The number of thiazole rings is 1. The van der Waals surface area contributed by atoms with Crippen LogP contribution in [0.25, 0.3) is 4.96 Å². The molecule has 0 radical (unpaired) electrons. The number of aliphatic hydroxyl groups excluding tert-OH is 1. The molecule has 2 N–H and O–H groups in total. The molecule has 1 aliphatic carbocycles. The third kappa shape index (κ3) is 1.98. The average molecular weight is 237 g/mol.